The van der Waals surface area contributed by atoms with Crippen molar-refractivity contribution in [2.24, 2.45) is 0 Å². The summed E-state index contributed by atoms with van der Waals surface area (Å²) in [4.78, 5) is 10.8. The molecule has 0 saturated carbocycles. The molecule has 0 bridgehead atoms. The monoisotopic (exact) mass is 478 g/mol. The normalized spacial score (nSPS) is 12.8. The van der Waals surface area contributed by atoms with Crippen molar-refractivity contribution in [2.75, 3.05) is 13.1 Å². The standard InChI is InChI=1S/C21H23F5N2O3S/c1-14(2)32(30,31)28-13-20(22,23)18-9-7-17(8-10-18)16-5-3-15(4-6-16)11-12-27-19(29)21(24,25)26/h3-10,14,28H,11-13H2,1-2H3,(H,27,29). The van der Waals surface area contributed by atoms with Gasteiger partial charge in [0.15, 0.2) is 0 Å². The Morgan fingerprint density at radius 2 is 1.41 bits per heavy atom. The summed E-state index contributed by atoms with van der Waals surface area (Å²) < 4.78 is 90.5. The lowest BCUT2D eigenvalue weighted by Gasteiger charge is -2.19. The Morgan fingerprint density at radius 1 is 0.906 bits per heavy atom. The van der Waals surface area contributed by atoms with Crippen molar-refractivity contribution in [1.29, 1.82) is 0 Å². The number of benzene rings is 2. The van der Waals surface area contributed by atoms with E-state index >= 15 is 0 Å². The molecular weight excluding hydrogens is 455 g/mol. The molecule has 5 nitrogen and oxygen atoms in total. The highest BCUT2D eigenvalue weighted by Gasteiger charge is 2.38. The van der Waals surface area contributed by atoms with E-state index in [0.29, 0.717) is 16.7 Å². The second-order valence-corrected chi connectivity index (χ2v) is 9.72. The number of nitrogens with one attached hydrogen (secondary N) is 2. The Balaban J connectivity index is 1.99. The number of carbonyl (C=O) groups is 1. The Kier molecular flexibility index (Phi) is 8.00. The summed E-state index contributed by atoms with van der Waals surface area (Å²) in [5.41, 5.74) is 1.68. The topological polar surface area (TPSA) is 75.3 Å². The minimum absolute atomic E-state index is 0.179. The fourth-order valence-corrected chi connectivity index (χ4v) is 3.37. The third-order valence-corrected chi connectivity index (χ3v) is 6.46. The quantitative estimate of drug-likeness (QED) is 0.535. The molecule has 0 atom stereocenters. The zero-order valence-electron chi connectivity index (χ0n) is 17.3. The van der Waals surface area contributed by atoms with Crippen molar-refractivity contribution in [3.63, 3.8) is 0 Å². The molecule has 0 aliphatic heterocycles. The first-order valence-electron chi connectivity index (χ1n) is 9.63. The first-order valence-corrected chi connectivity index (χ1v) is 11.2. The van der Waals surface area contributed by atoms with Crippen LogP contribution in [0.5, 0.6) is 0 Å². The lowest BCUT2D eigenvalue weighted by molar-refractivity contribution is -0.173. The van der Waals surface area contributed by atoms with Crippen LogP contribution in [-0.2, 0) is 27.2 Å². The fraction of sp³-hybridized carbons (Fsp3) is 0.381. The van der Waals surface area contributed by atoms with E-state index in [9.17, 15) is 35.2 Å². The molecule has 0 saturated heterocycles. The first kappa shape index (κ1) is 25.7. The van der Waals surface area contributed by atoms with Gasteiger partial charge in [0.2, 0.25) is 10.0 Å². The third kappa shape index (κ3) is 6.99. The van der Waals surface area contributed by atoms with Gasteiger partial charge in [0, 0.05) is 12.1 Å². The number of halogens is 5. The van der Waals surface area contributed by atoms with Gasteiger partial charge in [-0.2, -0.15) is 22.0 Å². The van der Waals surface area contributed by atoms with Gasteiger partial charge in [-0.1, -0.05) is 48.5 Å². The lowest BCUT2D eigenvalue weighted by atomic mass is 10.00. The highest BCUT2D eigenvalue weighted by atomic mass is 32.2. The van der Waals surface area contributed by atoms with Gasteiger partial charge in [-0.3, -0.25) is 4.79 Å². The molecule has 2 aromatic carbocycles. The second kappa shape index (κ2) is 9.95. The van der Waals surface area contributed by atoms with E-state index in [-0.39, 0.29) is 18.5 Å². The molecule has 11 heteroatoms. The van der Waals surface area contributed by atoms with E-state index in [4.69, 9.17) is 0 Å². The van der Waals surface area contributed by atoms with Crippen molar-refractivity contribution >= 4 is 15.9 Å². The number of hydrogen-bond donors (Lipinski definition) is 2. The van der Waals surface area contributed by atoms with Crippen LogP contribution in [0, 0.1) is 0 Å². The zero-order valence-corrected chi connectivity index (χ0v) is 18.2. The lowest BCUT2D eigenvalue weighted by Crippen LogP contribution is -2.38. The van der Waals surface area contributed by atoms with Gasteiger partial charge in [-0.15, -0.1) is 0 Å². The van der Waals surface area contributed by atoms with Crippen LogP contribution in [0.4, 0.5) is 22.0 Å². The number of rotatable bonds is 9. The van der Waals surface area contributed by atoms with Gasteiger partial charge in [0.05, 0.1) is 11.8 Å². The molecule has 0 aliphatic rings. The van der Waals surface area contributed by atoms with Gasteiger partial charge in [0.25, 0.3) is 5.92 Å². The van der Waals surface area contributed by atoms with Crippen LogP contribution < -0.4 is 10.0 Å². The van der Waals surface area contributed by atoms with E-state index in [0.717, 1.165) is 0 Å². The zero-order chi connectivity index (χ0) is 24.2. The molecule has 2 N–H and O–H groups in total. The van der Waals surface area contributed by atoms with Crippen molar-refractivity contribution in [2.45, 2.75) is 37.6 Å². The summed E-state index contributed by atoms with van der Waals surface area (Å²) in [5, 5.41) is 0.956. The summed E-state index contributed by atoms with van der Waals surface area (Å²) in [6.07, 6.45) is -4.73. The smallest absolute Gasteiger partial charge is 0.348 e. The van der Waals surface area contributed by atoms with Gasteiger partial charge in [0.1, 0.15) is 0 Å². The van der Waals surface area contributed by atoms with Crippen LogP contribution in [0.3, 0.4) is 0 Å². The summed E-state index contributed by atoms with van der Waals surface area (Å²) in [5.74, 6) is -5.39. The minimum Gasteiger partial charge on any atom is -0.348 e. The van der Waals surface area contributed by atoms with Gasteiger partial charge < -0.3 is 5.32 Å². The average Bonchev–Trinajstić information content (AvgIpc) is 2.72. The molecule has 0 spiro atoms. The average molecular weight is 478 g/mol. The van der Waals surface area contributed by atoms with E-state index in [1.807, 2.05) is 4.72 Å². The second-order valence-electron chi connectivity index (χ2n) is 7.40. The maximum Gasteiger partial charge on any atom is 0.471 e. The summed E-state index contributed by atoms with van der Waals surface area (Å²) >= 11 is 0. The van der Waals surface area contributed by atoms with Crippen LogP contribution in [-0.4, -0.2) is 38.8 Å². The van der Waals surface area contributed by atoms with Crippen LogP contribution in [0.2, 0.25) is 0 Å². The van der Waals surface area contributed by atoms with Crippen molar-refractivity contribution in [3.05, 3.63) is 59.7 Å². The van der Waals surface area contributed by atoms with E-state index in [1.54, 1.807) is 29.6 Å². The minimum atomic E-state index is -4.93. The van der Waals surface area contributed by atoms with Crippen LogP contribution in [0.1, 0.15) is 25.0 Å². The molecular formula is C21H23F5N2O3S. The van der Waals surface area contributed by atoms with E-state index < -0.39 is 39.8 Å². The van der Waals surface area contributed by atoms with Crippen LogP contribution in [0.15, 0.2) is 48.5 Å². The van der Waals surface area contributed by atoms with Crippen molar-refractivity contribution < 1.29 is 35.2 Å². The van der Waals surface area contributed by atoms with Gasteiger partial charge in [-0.05, 0) is 37.0 Å². The first-order chi connectivity index (χ1) is 14.7. The predicted octanol–water partition coefficient (Wildman–Crippen LogP) is 3.99. The van der Waals surface area contributed by atoms with Crippen LogP contribution in [0.25, 0.3) is 11.1 Å². The van der Waals surface area contributed by atoms with Crippen molar-refractivity contribution in [3.8, 4) is 11.1 Å². The Hall–Kier alpha value is -2.53. The Bertz CT molecular complexity index is 1020. The molecule has 32 heavy (non-hydrogen) atoms. The molecule has 0 fully saturated rings. The maximum atomic E-state index is 14.4. The van der Waals surface area contributed by atoms with E-state index in [2.05, 4.69) is 0 Å². The van der Waals surface area contributed by atoms with Gasteiger partial charge >= 0.3 is 12.1 Å². The van der Waals surface area contributed by atoms with E-state index in [1.165, 1.54) is 38.1 Å². The molecule has 0 unspecified atom stereocenters. The number of hydrogen-bond acceptors (Lipinski definition) is 3. The maximum absolute atomic E-state index is 14.4. The number of amides is 1. The Morgan fingerprint density at radius 3 is 1.88 bits per heavy atom. The molecule has 1 amide bonds. The predicted molar refractivity (Wildman–Crippen MR) is 111 cm³/mol. The van der Waals surface area contributed by atoms with Gasteiger partial charge in [-0.25, -0.2) is 13.1 Å². The third-order valence-electron chi connectivity index (χ3n) is 4.67. The molecule has 0 heterocycles. The highest BCUT2D eigenvalue weighted by Crippen LogP contribution is 2.30. The molecule has 0 aromatic heterocycles. The molecule has 176 valence electrons. The SMILES string of the molecule is CC(C)S(=O)(=O)NCC(F)(F)c1ccc(-c2ccc(CCNC(=O)C(F)(F)F)cc2)cc1. The Labute approximate surface area is 183 Å². The fourth-order valence-electron chi connectivity index (χ4n) is 2.65. The largest absolute Gasteiger partial charge is 0.471 e. The molecule has 2 aromatic rings. The summed E-state index contributed by atoms with van der Waals surface area (Å²) in [6, 6.07) is 12.1. The number of sulfonamides is 1. The molecule has 2 rings (SSSR count). The summed E-state index contributed by atoms with van der Waals surface area (Å²) in [6.45, 7) is 1.55. The number of alkyl halides is 5. The highest BCUT2D eigenvalue weighted by molar-refractivity contribution is 7.90. The molecule has 0 radical (unpaired) electrons. The number of carbonyl (C=O) groups excluding carboxylic acids is 1. The van der Waals surface area contributed by atoms with Crippen LogP contribution >= 0.6 is 0 Å². The molecule has 0 aliphatic carbocycles. The van der Waals surface area contributed by atoms with Crippen molar-refractivity contribution in [1.82, 2.24) is 10.0 Å². The summed E-state index contributed by atoms with van der Waals surface area (Å²) in [7, 11) is -3.82.